The second-order valence-electron chi connectivity index (χ2n) is 7.74. The van der Waals surface area contributed by atoms with Crippen molar-refractivity contribution in [3.8, 4) is 0 Å². The van der Waals surface area contributed by atoms with E-state index >= 15 is 0 Å². The molecule has 8 nitrogen and oxygen atoms in total. The fourth-order valence-corrected chi connectivity index (χ4v) is 4.86. The highest BCUT2D eigenvalue weighted by Crippen LogP contribution is 2.28. The third kappa shape index (κ3) is 3.40. The SMILES string of the molecule is Cn1cnc2c(NC(=O)c3csc4cnc(NC5CCCCC5N)nc34)cccc21. The van der Waals surface area contributed by atoms with Crippen LogP contribution in [0, 0.1) is 0 Å². The standard InChI is InChI=1S/C21H23N7OS/c1-28-11-24-19-15(7-4-8-16(19)28)25-20(29)12-10-30-17-9-23-21(27-18(12)17)26-14-6-3-2-5-13(14)22/h4,7-11,13-14H,2-3,5-6,22H2,1H3,(H,25,29)(H,23,26,27). The molecule has 30 heavy (non-hydrogen) atoms. The van der Waals surface area contributed by atoms with Crippen molar-refractivity contribution in [3.63, 3.8) is 0 Å². The summed E-state index contributed by atoms with van der Waals surface area (Å²) in [6.07, 6.45) is 7.83. The van der Waals surface area contributed by atoms with Crippen LogP contribution >= 0.6 is 11.3 Å². The van der Waals surface area contributed by atoms with Crippen molar-refractivity contribution in [3.05, 3.63) is 41.7 Å². The Bertz CT molecular complexity index is 1230. The number of para-hydroxylation sites is 1. The molecule has 0 aliphatic heterocycles. The minimum atomic E-state index is -0.210. The van der Waals surface area contributed by atoms with Crippen LogP contribution < -0.4 is 16.4 Å². The van der Waals surface area contributed by atoms with Crippen LogP contribution in [0.25, 0.3) is 21.3 Å². The molecule has 1 aromatic carbocycles. The Morgan fingerprint density at radius 2 is 2.10 bits per heavy atom. The predicted octanol–water partition coefficient (Wildman–Crippen LogP) is 3.51. The zero-order chi connectivity index (χ0) is 20.7. The average molecular weight is 422 g/mol. The first-order chi connectivity index (χ1) is 14.6. The van der Waals surface area contributed by atoms with Gasteiger partial charge in [-0.1, -0.05) is 18.9 Å². The van der Waals surface area contributed by atoms with Gasteiger partial charge in [0.05, 0.1) is 39.5 Å². The summed E-state index contributed by atoms with van der Waals surface area (Å²) in [5.41, 5.74) is 9.82. The highest BCUT2D eigenvalue weighted by Gasteiger charge is 2.23. The van der Waals surface area contributed by atoms with E-state index in [4.69, 9.17) is 5.73 Å². The van der Waals surface area contributed by atoms with Gasteiger partial charge in [0, 0.05) is 24.5 Å². The molecule has 0 saturated heterocycles. The lowest BCUT2D eigenvalue weighted by molar-refractivity contribution is 0.102. The summed E-state index contributed by atoms with van der Waals surface area (Å²) in [6, 6.07) is 5.99. The van der Waals surface area contributed by atoms with E-state index in [1.807, 2.05) is 35.2 Å². The number of amides is 1. The normalized spacial score (nSPS) is 19.3. The number of rotatable bonds is 4. The molecule has 1 fully saturated rings. The number of anilines is 2. The molecular weight excluding hydrogens is 398 g/mol. The number of aromatic nitrogens is 4. The second-order valence-corrected chi connectivity index (χ2v) is 8.65. The van der Waals surface area contributed by atoms with Crippen LogP contribution in [0.3, 0.4) is 0 Å². The van der Waals surface area contributed by atoms with Gasteiger partial charge in [0.15, 0.2) is 0 Å². The third-order valence-electron chi connectivity index (χ3n) is 5.70. The van der Waals surface area contributed by atoms with E-state index in [-0.39, 0.29) is 18.0 Å². The molecule has 1 saturated carbocycles. The number of carbonyl (C=O) groups is 1. The molecule has 3 heterocycles. The summed E-state index contributed by atoms with van der Waals surface area (Å²) in [7, 11) is 1.93. The topological polar surface area (TPSA) is 111 Å². The predicted molar refractivity (Wildman–Crippen MR) is 120 cm³/mol. The maximum atomic E-state index is 13.1. The number of nitrogens with one attached hydrogen (secondary N) is 2. The number of imidazole rings is 1. The summed E-state index contributed by atoms with van der Waals surface area (Å²) in [5.74, 6) is 0.308. The monoisotopic (exact) mass is 421 g/mol. The van der Waals surface area contributed by atoms with Gasteiger partial charge in [-0.25, -0.2) is 15.0 Å². The van der Waals surface area contributed by atoms with Crippen LogP contribution in [0.4, 0.5) is 11.6 Å². The Hall–Kier alpha value is -3.04. The zero-order valence-corrected chi connectivity index (χ0v) is 17.4. The van der Waals surface area contributed by atoms with E-state index in [9.17, 15) is 4.79 Å². The number of carbonyl (C=O) groups excluding carboxylic acids is 1. The summed E-state index contributed by atoms with van der Waals surface area (Å²) in [6.45, 7) is 0. The van der Waals surface area contributed by atoms with Crippen molar-refractivity contribution in [2.24, 2.45) is 12.8 Å². The molecule has 154 valence electrons. The Morgan fingerprint density at radius 3 is 2.97 bits per heavy atom. The van der Waals surface area contributed by atoms with Gasteiger partial charge in [-0.05, 0) is 25.0 Å². The van der Waals surface area contributed by atoms with Crippen LogP contribution in [0.5, 0.6) is 0 Å². The van der Waals surface area contributed by atoms with E-state index in [0.29, 0.717) is 22.7 Å². The fourth-order valence-electron chi connectivity index (χ4n) is 4.01. The van der Waals surface area contributed by atoms with Crippen molar-refractivity contribution in [2.45, 2.75) is 37.8 Å². The van der Waals surface area contributed by atoms with Crippen molar-refractivity contribution in [1.82, 2.24) is 19.5 Å². The Kier molecular flexibility index (Phi) is 4.84. The lowest BCUT2D eigenvalue weighted by atomic mass is 9.91. The average Bonchev–Trinajstić information content (AvgIpc) is 3.34. The molecule has 3 aromatic heterocycles. The van der Waals surface area contributed by atoms with Gasteiger partial charge >= 0.3 is 0 Å². The van der Waals surface area contributed by atoms with Gasteiger partial charge in [-0.2, -0.15) is 0 Å². The second kappa shape index (κ2) is 7.66. The third-order valence-corrected chi connectivity index (χ3v) is 6.60. The van der Waals surface area contributed by atoms with E-state index in [0.717, 1.165) is 41.4 Å². The quantitative estimate of drug-likeness (QED) is 0.465. The first kappa shape index (κ1) is 19.0. The molecule has 4 aromatic rings. The molecule has 0 radical (unpaired) electrons. The molecule has 2 unspecified atom stereocenters. The molecule has 9 heteroatoms. The van der Waals surface area contributed by atoms with E-state index in [1.54, 1.807) is 12.5 Å². The minimum Gasteiger partial charge on any atom is -0.350 e. The first-order valence-electron chi connectivity index (χ1n) is 10.1. The lowest BCUT2D eigenvalue weighted by Crippen LogP contribution is -2.42. The highest BCUT2D eigenvalue weighted by atomic mass is 32.1. The molecule has 1 amide bonds. The van der Waals surface area contributed by atoms with Crippen LogP contribution in [-0.4, -0.2) is 37.5 Å². The Morgan fingerprint density at radius 1 is 1.23 bits per heavy atom. The smallest absolute Gasteiger partial charge is 0.258 e. The van der Waals surface area contributed by atoms with Gasteiger partial charge in [-0.3, -0.25) is 4.79 Å². The number of hydrogen-bond donors (Lipinski definition) is 3. The molecule has 4 N–H and O–H groups in total. The van der Waals surface area contributed by atoms with Gasteiger partial charge in [0.1, 0.15) is 5.52 Å². The van der Waals surface area contributed by atoms with Crippen LogP contribution in [-0.2, 0) is 7.05 Å². The summed E-state index contributed by atoms with van der Waals surface area (Å²) in [5, 5.41) is 8.18. The largest absolute Gasteiger partial charge is 0.350 e. The number of nitrogens with zero attached hydrogens (tertiary/aromatic N) is 4. The van der Waals surface area contributed by atoms with Crippen molar-refractivity contribution in [2.75, 3.05) is 10.6 Å². The van der Waals surface area contributed by atoms with E-state index < -0.39 is 0 Å². The van der Waals surface area contributed by atoms with Gasteiger partial charge in [-0.15, -0.1) is 11.3 Å². The summed E-state index contributed by atoms with van der Waals surface area (Å²) in [4.78, 5) is 26.5. The Balaban J connectivity index is 1.42. The summed E-state index contributed by atoms with van der Waals surface area (Å²) < 4.78 is 2.79. The maximum absolute atomic E-state index is 13.1. The Labute approximate surface area is 177 Å². The number of fused-ring (bicyclic) bond motifs is 2. The molecule has 5 rings (SSSR count). The van der Waals surface area contributed by atoms with Crippen molar-refractivity contribution in [1.29, 1.82) is 0 Å². The first-order valence-corrected chi connectivity index (χ1v) is 11.0. The number of hydrogen-bond acceptors (Lipinski definition) is 7. The number of thiophene rings is 1. The maximum Gasteiger partial charge on any atom is 0.258 e. The zero-order valence-electron chi connectivity index (χ0n) is 16.6. The van der Waals surface area contributed by atoms with Crippen molar-refractivity contribution >= 4 is 50.1 Å². The number of aryl methyl sites for hydroxylation is 1. The minimum absolute atomic E-state index is 0.0992. The summed E-state index contributed by atoms with van der Waals surface area (Å²) >= 11 is 1.46. The van der Waals surface area contributed by atoms with Gasteiger partial charge in [0.25, 0.3) is 5.91 Å². The molecular formula is C21H23N7OS. The van der Waals surface area contributed by atoms with E-state index in [1.165, 1.54) is 11.3 Å². The molecule has 0 bridgehead atoms. The molecule has 0 spiro atoms. The molecule has 2 atom stereocenters. The molecule has 1 aliphatic rings. The van der Waals surface area contributed by atoms with Crippen molar-refractivity contribution < 1.29 is 4.79 Å². The lowest BCUT2D eigenvalue weighted by Gasteiger charge is -2.29. The van der Waals surface area contributed by atoms with Crippen LogP contribution in [0.1, 0.15) is 36.0 Å². The number of benzene rings is 1. The van der Waals surface area contributed by atoms with E-state index in [2.05, 4.69) is 25.6 Å². The highest BCUT2D eigenvalue weighted by molar-refractivity contribution is 7.17. The number of nitrogens with two attached hydrogens (primary N) is 1. The van der Waals surface area contributed by atoms with Crippen LogP contribution in [0.2, 0.25) is 0 Å². The molecule has 1 aliphatic carbocycles. The van der Waals surface area contributed by atoms with Crippen LogP contribution in [0.15, 0.2) is 36.1 Å². The van der Waals surface area contributed by atoms with Gasteiger partial charge < -0.3 is 20.9 Å². The van der Waals surface area contributed by atoms with Gasteiger partial charge in [0.2, 0.25) is 5.95 Å². The fraction of sp³-hybridized carbons (Fsp3) is 0.333.